The number of aliphatic hydroxyl groups is 1. The van der Waals surface area contributed by atoms with Crippen molar-refractivity contribution < 1.29 is 32.9 Å². The molecular formula is C81H159N2O6P. The van der Waals surface area contributed by atoms with E-state index in [4.69, 9.17) is 9.05 Å². The summed E-state index contributed by atoms with van der Waals surface area (Å²) in [6.45, 7) is 4.69. The summed E-state index contributed by atoms with van der Waals surface area (Å²) >= 11 is 0. The van der Waals surface area contributed by atoms with Crippen LogP contribution in [0.1, 0.15) is 425 Å². The van der Waals surface area contributed by atoms with Crippen molar-refractivity contribution >= 4 is 13.7 Å². The van der Waals surface area contributed by atoms with Crippen molar-refractivity contribution in [2.75, 3.05) is 40.9 Å². The first kappa shape index (κ1) is 88.7. The molecule has 0 radical (unpaired) electrons. The number of carbonyl (C=O) groups excluding carboxylic acids is 1. The van der Waals surface area contributed by atoms with Crippen LogP contribution in [-0.4, -0.2) is 68.5 Å². The number of quaternary nitrogens is 1. The van der Waals surface area contributed by atoms with Gasteiger partial charge in [0.15, 0.2) is 0 Å². The predicted molar refractivity (Wildman–Crippen MR) is 395 cm³/mol. The smallest absolute Gasteiger partial charge is 0.268 e. The second-order valence-electron chi connectivity index (χ2n) is 29.1. The summed E-state index contributed by atoms with van der Waals surface area (Å²) < 4.78 is 23.5. The van der Waals surface area contributed by atoms with Gasteiger partial charge in [0, 0.05) is 6.42 Å². The zero-order valence-electron chi connectivity index (χ0n) is 61.4. The van der Waals surface area contributed by atoms with Crippen molar-refractivity contribution in [3.63, 3.8) is 0 Å². The Morgan fingerprint density at radius 1 is 0.378 bits per heavy atom. The fourth-order valence-corrected chi connectivity index (χ4v) is 13.3. The average molecular weight is 1290 g/mol. The Morgan fingerprint density at radius 2 is 0.622 bits per heavy atom. The molecule has 0 aromatic heterocycles. The lowest BCUT2D eigenvalue weighted by atomic mass is 10.0. The van der Waals surface area contributed by atoms with Gasteiger partial charge in [0.2, 0.25) is 5.91 Å². The first-order chi connectivity index (χ1) is 44.0. The molecule has 8 nitrogen and oxygen atoms in total. The molecule has 0 aromatic carbocycles. The minimum atomic E-state index is -4.62. The number of hydrogen-bond acceptors (Lipinski definition) is 6. The van der Waals surface area contributed by atoms with Crippen LogP contribution in [0.25, 0.3) is 0 Å². The van der Waals surface area contributed by atoms with Crippen molar-refractivity contribution in [2.24, 2.45) is 0 Å². The molecule has 0 saturated heterocycles. The van der Waals surface area contributed by atoms with Crippen LogP contribution >= 0.6 is 7.82 Å². The van der Waals surface area contributed by atoms with E-state index < -0.39 is 26.6 Å². The lowest BCUT2D eigenvalue weighted by Gasteiger charge is -2.29. The Morgan fingerprint density at radius 3 is 0.900 bits per heavy atom. The van der Waals surface area contributed by atoms with Gasteiger partial charge in [-0.3, -0.25) is 9.36 Å². The van der Waals surface area contributed by atoms with E-state index >= 15 is 0 Å². The molecular weight excluding hydrogens is 1130 g/mol. The third-order valence-corrected chi connectivity index (χ3v) is 19.8. The fraction of sp³-hybridized carbons (Fsp3) is 0.914. The quantitative estimate of drug-likeness (QED) is 0.0272. The SMILES string of the molecule is CCCCCCCCCCCCCCCCCCCCCCCC/C=C/CC/C=C/CC/C=C/C(O)C(COP(=O)([O-])OCC[N+](C)(C)C)NC(=O)CCCCCCCCCCCCCCCCCCCCCCCCCCCCCCCCCCCCCC. The van der Waals surface area contributed by atoms with E-state index in [1.54, 1.807) is 6.08 Å². The molecule has 0 saturated carbocycles. The Hall–Kier alpha value is -1.28. The molecule has 0 aliphatic heterocycles. The molecule has 9 heteroatoms. The Kier molecular flexibility index (Phi) is 71.0. The van der Waals surface area contributed by atoms with Crippen molar-refractivity contribution in [1.82, 2.24) is 5.32 Å². The van der Waals surface area contributed by atoms with Crippen molar-refractivity contribution in [2.45, 2.75) is 437 Å². The van der Waals surface area contributed by atoms with Crippen LogP contribution in [0.2, 0.25) is 0 Å². The second kappa shape index (κ2) is 72.0. The molecule has 0 rings (SSSR count). The van der Waals surface area contributed by atoms with Crippen molar-refractivity contribution in [3.05, 3.63) is 36.5 Å². The van der Waals surface area contributed by atoms with E-state index in [-0.39, 0.29) is 12.5 Å². The van der Waals surface area contributed by atoms with Gasteiger partial charge < -0.3 is 28.8 Å². The summed E-state index contributed by atoms with van der Waals surface area (Å²) in [5.41, 5.74) is 0. The van der Waals surface area contributed by atoms with Crippen LogP contribution < -0.4 is 10.2 Å². The summed E-state index contributed by atoms with van der Waals surface area (Å²) in [4.78, 5) is 25.7. The Bertz CT molecular complexity index is 1560. The van der Waals surface area contributed by atoms with Crippen molar-refractivity contribution in [3.8, 4) is 0 Å². The number of aliphatic hydroxyl groups excluding tert-OH is 1. The molecule has 0 aromatic rings. The highest BCUT2D eigenvalue weighted by Gasteiger charge is 2.23. The molecule has 0 aliphatic carbocycles. The number of rotatable bonds is 76. The highest BCUT2D eigenvalue weighted by Crippen LogP contribution is 2.38. The van der Waals surface area contributed by atoms with E-state index in [1.807, 2.05) is 27.2 Å². The maximum Gasteiger partial charge on any atom is 0.268 e. The van der Waals surface area contributed by atoms with Gasteiger partial charge in [-0.25, -0.2) is 0 Å². The Balaban J connectivity index is 3.99. The number of hydrogen-bond donors (Lipinski definition) is 2. The molecule has 0 spiro atoms. The molecule has 90 heavy (non-hydrogen) atoms. The molecule has 2 N–H and O–H groups in total. The topological polar surface area (TPSA) is 108 Å². The predicted octanol–water partition coefficient (Wildman–Crippen LogP) is 25.7. The minimum absolute atomic E-state index is 0.00692. The number of nitrogens with one attached hydrogen (secondary N) is 1. The van der Waals surface area contributed by atoms with Crippen LogP contribution in [0, 0.1) is 0 Å². The zero-order chi connectivity index (χ0) is 65.5. The molecule has 0 bridgehead atoms. The van der Waals surface area contributed by atoms with E-state index in [1.165, 1.54) is 360 Å². The molecule has 534 valence electrons. The second-order valence-corrected chi connectivity index (χ2v) is 30.5. The van der Waals surface area contributed by atoms with Crippen LogP contribution in [0.4, 0.5) is 0 Å². The van der Waals surface area contributed by atoms with Gasteiger partial charge in [-0.2, -0.15) is 0 Å². The van der Waals surface area contributed by atoms with Crippen LogP contribution in [0.15, 0.2) is 36.5 Å². The summed E-state index contributed by atoms with van der Waals surface area (Å²) in [5, 5.41) is 14.0. The summed E-state index contributed by atoms with van der Waals surface area (Å²) in [5.74, 6) is -0.202. The van der Waals surface area contributed by atoms with E-state index in [0.717, 1.165) is 44.9 Å². The van der Waals surface area contributed by atoms with Gasteiger partial charge in [0.05, 0.1) is 39.9 Å². The Labute approximate surface area is 563 Å². The van der Waals surface area contributed by atoms with Crippen LogP contribution in [-0.2, 0) is 18.4 Å². The molecule has 3 unspecified atom stereocenters. The molecule has 0 heterocycles. The third kappa shape index (κ3) is 74.1. The normalized spacial score (nSPS) is 13.6. The largest absolute Gasteiger partial charge is 0.756 e. The minimum Gasteiger partial charge on any atom is -0.756 e. The van der Waals surface area contributed by atoms with Crippen LogP contribution in [0.3, 0.4) is 0 Å². The number of carbonyl (C=O) groups is 1. The van der Waals surface area contributed by atoms with Gasteiger partial charge in [-0.05, 0) is 44.9 Å². The average Bonchev–Trinajstić information content (AvgIpc) is 3.56. The lowest BCUT2D eigenvalue weighted by molar-refractivity contribution is -0.870. The number of amides is 1. The maximum atomic E-state index is 13.1. The number of likely N-dealkylation sites (N-methyl/N-ethyl adjacent to an activating group) is 1. The van der Waals surface area contributed by atoms with Crippen molar-refractivity contribution in [1.29, 1.82) is 0 Å². The van der Waals surface area contributed by atoms with Gasteiger partial charge >= 0.3 is 0 Å². The molecule has 1 amide bonds. The number of phosphoric acid groups is 1. The van der Waals surface area contributed by atoms with E-state index in [9.17, 15) is 19.4 Å². The number of phosphoric ester groups is 1. The number of nitrogens with zero attached hydrogens (tertiary/aromatic N) is 1. The van der Waals surface area contributed by atoms with E-state index in [0.29, 0.717) is 17.4 Å². The van der Waals surface area contributed by atoms with Gasteiger partial charge in [0.25, 0.3) is 7.82 Å². The summed E-state index contributed by atoms with van der Waals surface area (Å²) in [7, 11) is 1.25. The van der Waals surface area contributed by atoms with Gasteiger partial charge in [-0.1, -0.05) is 410 Å². The number of unbranched alkanes of at least 4 members (excludes halogenated alkanes) is 59. The first-order valence-electron chi connectivity index (χ1n) is 40.4. The lowest BCUT2D eigenvalue weighted by Crippen LogP contribution is -2.45. The first-order valence-corrected chi connectivity index (χ1v) is 41.8. The number of allylic oxidation sites excluding steroid dienone is 5. The highest BCUT2D eigenvalue weighted by molar-refractivity contribution is 7.45. The maximum absolute atomic E-state index is 13.1. The zero-order valence-corrected chi connectivity index (χ0v) is 62.3. The molecule has 3 atom stereocenters. The fourth-order valence-electron chi connectivity index (χ4n) is 12.6. The van der Waals surface area contributed by atoms with Gasteiger partial charge in [-0.15, -0.1) is 0 Å². The monoisotopic (exact) mass is 1290 g/mol. The summed E-state index contributed by atoms with van der Waals surface area (Å²) in [6.07, 6.45) is 97.6. The molecule has 0 fully saturated rings. The summed E-state index contributed by atoms with van der Waals surface area (Å²) in [6, 6.07) is -0.910. The highest BCUT2D eigenvalue weighted by atomic mass is 31.2. The third-order valence-electron chi connectivity index (χ3n) is 18.8. The van der Waals surface area contributed by atoms with E-state index in [2.05, 4.69) is 43.5 Å². The molecule has 0 aliphatic rings. The van der Waals surface area contributed by atoms with Crippen LogP contribution in [0.5, 0.6) is 0 Å². The standard InChI is InChI=1S/C81H159N2O6P/c1-6-8-10-12-14-16-18-20-22-24-26-28-30-32-34-36-38-40-41-42-43-45-47-49-51-53-55-57-59-61-63-65-67-69-71-73-75-81(85)82-79(78-89-90(86,87)88-77-76-83(3,4)5)80(84)74-72-70-68-66-64-62-60-58-56-54-52-50-48-46-44-39-37-35-33-31-29-27-25-23-21-19-17-15-13-11-9-7-2/h56,58,64,66,72,74,79-80,84H,6-55,57,59-63,65,67-71,73,75-78H2,1-5H3,(H-,82,85,86,87)/b58-56+,66-64+,74-72+. The van der Waals surface area contributed by atoms with Gasteiger partial charge in [0.1, 0.15) is 13.2 Å².